The fraction of sp³-hybridized carbons (Fsp3) is 0.600. The summed E-state index contributed by atoms with van der Waals surface area (Å²) in [6, 6.07) is 7.39. The number of hydrogen-bond donors (Lipinski definition) is 1. The van der Waals surface area contributed by atoms with Gasteiger partial charge in [0.05, 0.1) is 4.92 Å². The molecule has 1 aromatic carbocycles. The number of nitro groups is 1. The van der Waals surface area contributed by atoms with Gasteiger partial charge < -0.3 is 5.32 Å². The quantitative estimate of drug-likeness (QED) is 0.664. The molecule has 1 aromatic rings. The zero-order valence-corrected chi connectivity index (χ0v) is 12.2. The molecule has 1 heterocycles. The highest BCUT2D eigenvalue weighted by Gasteiger charge is 2.30. The van der Waals surface area contributed by atoms with Crippen molar-refractivity contribution in [2.75, 3.05) is 26.7 Å². The summed E-state index contributed by atoms with van der Waals surface area (Å²) in [5.74, 6) is 0.565. The Balaban J connectivity index is 2.18. The summed E-state index contributed by atoms with van der Waals surface area (Å²) in [5, 5.41) is 14.2. The minimum atomic E-state index is -0.343. The molecule has 0 aliphatic carbocycles. The third kappa shape index (κ3) is 3.35. The van der Waals surface area contributed by atoms with Gasteiger partial charge in [0.1, 0.15) is 0 Å². The normalized spacial score (nSPS) is 23.7. The molecular weight excluding hydrogens is 254 g/mol. The lowest BCUT2D eigenvalue weighted by Crippen LogP contribution is -2.40. The first kappa shape index (κ1) is 14.9. The van der Waals surface area contributed by atoms with Crippen LogP contribution in [0.5, 0.6) is 0 Å². The van der Waals surface area contributed by atoms with Crippen molar-refractivity contribution in [3.8, 4) is 0 Å². The Labute approximate surface area is 120 Å². The molecule has 0 bridgehead atoms. The summed E-state index contributed by atoms with van der Waals surface area (Å²) in [6.07, 6.45) is 2.43. The van der Waals surface area contributed by atoms with Crippen LogP contribution in [-0.2, 0) is 0 Å². The fourth-order valence-electron chi connectivity index (χ4n) is 3.12. The minimum absolute atomic E-state index is 0.162. The maximum atomic E-state index is 10.7. The van der Waals surface area contributed by atoms with Gasteiger partial charge >= 0.3 is 0 Å². The summed E-state index contributed by atoms with van der Waals surface area (Å²) in [4.78, 5) is 12.8. The molecule has 0 spiro atoms. The number of nitrogens with zero attached hydrogens (tertiary/aromatic N) is 2. The highest BCUT2D eigenvalue weighted by molar-refractivity contribution is 5.34. The van der Waals surface area contributed by atoms with Gasteiger partial charge in [-0.05, 0) is 51.0 Å². The zero-order valence-electron chi connectivity index (χ0n) is 12.2. The number of rotatable bonds is 5. The van der Waals surface area contributed by atoms with Crippen LogP contribution in [0.2, 0.25) is 0 Å². The monoisotopic (exact) mass is 277 g/mol. The molecule has 1 N–H and O–H groups in total. The predicted molar refractivity (Wildman–Crippen MR) is 79.7 cm³/mol. The molecule has 1 aliphatic heterocycles. The Hall–Kier alpha value is -1.46. The molecule has 0 aromatic heterocycles. The number of nitro benzene ring substituents is 1. The first-order valence-electron chi connectivity index (χ1n) is 7.28. The number of nitrogens with one attached hydrogen (secondary N) is 1. The summed E-state index contributed by atoms with van der Waals surface area (Å²) in [7, 11) is 2.14. The molecule has 0 saturated carbocycles. The van der Waals surface area contributed by atoms with Crippen LogP contribution in [0.25, 0.3) is 0 Å². The van der Waals surface area contributed by atoms with Crippen LogP contribution in [0.4, 0.5) is 5.69 Å². The van der Waals surface area contributed by atoms with E-state index in [1.165, 1.54) is 18.4 Å². The van der Waals surface area contributed by atoms with Gasteiger partial charge in [0.2, 0.25) is 0 Å². The number of benzene rings is 1. The lowest BCUT2D eigenvalue weighted by molar-refractivity contribution is -0.384. The van der Waals surface area contributed by atoms with E-state index in [1.807, 2.05) is 12.1 Å². The van der Waals surface area contributed by atoms with Crippen LogP contribution >= 0.6 is 0 Å². The molecule has 2 rings (SSSR count). The summed E-state index contributed by atoms with van der Waals surface area (Å²) >= 11 is 0. The minimum Gasteiger partial charge on any atom is -0.317 e. The average molecular weight is 277 g/mol. The zero-order chi connectivity index (χ0) is 14.5. The van der Waals surface area contributed by atoms with Crippen molar-refractivity contribution in [3.05, 3.63) is 39.9 Å². The molecule has 20 heavy (non-hydrogen) atoms. The number of non-ortho nitro benzene ring substituents is 1. The van der Waals surface area contributed by atoms with Gasteiger partial charge in [-0.1, -0.05) is 19.1 Å². The maximum absolute atomic E-state index is 10.7. The lowest BCUT2D eigenvalue weighted by Gasteiger charge is -2.39. The molecule has 0 amide bonds. The second-order valence-corrected chi connectivity index (χ2v) is 5.48. The number of piperidine rings is 1. The Bertz CT molecular complexity index is 447. The Morgan fingerprint density at radius 2 is 2.10 bits per heavy atom. The van der Waals surface area contributed by atoms with E-state index in [4.69, 9.17) is 0 Å². The highest BCUT2D eigenvalue weighted by atomic mass is 16.6. The van der Waals surface area contributed by atoms with Crippen LogP contribution in [-0.4, -0.2) is 36.5 Å². The number of likely N-dealkylation sites (tertiary alicyclic amines) is 1. The standard InChI is InChI=1S/C15H23N3O2/c1-3-16-11-13-5-4-10-17(2)15(13)12-6-8-14(9-7-12)18(19)20/h6-9,13,15-16H,3-5,10-11H2,1-2H3. The Morgan fingerprint density at radius 1 is 1.40 bits per heavy atom. The van der Waals surface area contributed by atoms with Crippen molar-refractivity contribution >= 4 is 5.69 Å². The van der Waals surface area contributed by atoms with Crippen LogP contribution in [0.3, 0.4) is 0 Å². The first-order valence-corrected chi connectivity index (χ1v) is 7.28. The van der Waals surface area contributed by atoms with Crippen LogP contribution in [0, 0.1) is 16.0 Å². The second-order valence-electron chi connectivity index (χ2n) is 5.48. The van der Waals surface area contributed by atoms with E-state index in [0.29, 0.717) is 12.0 Å². The van der Waals surface area contributed by atoms with E-state index >= 15 is 0 Å². The Kier molecular flexibility index (Phi) is 5.09. The van der Waals surface area contributed by atoms with E-state index in [2.05, 4.69) is 24.2 Å². The third-order valence-electron chi connectivity index (χ3n) is 4.11. The van der Waals surface area contributed by atoms with Gasteiger partial charge in [-0.25, -0.2) is 0 Å². The molecule has 5 nitrogen and oxygen atoms in total. The largest absolute Gasteiger partial charge is 0.317 e. The molecule has 1 fully saturated rings. The Morgan fingerprint density at radius 3 is 2.70 bits per heavy atom. The SMILES string of the molecule is CCNCC1CCCN(C)C1c1ccc([N+](=O)[O-])cc1. The molecule has 110 valence electrons. The molecule has 1 aliphatic rings. The predicted octanol–water partition coefficient (Wildman–Crippen LogP) is 2.59. The van der Waals surface area contributed by atoms with Crippen molar-refractivity contribution in [3.63, 3.8) is 0 Å². The van der Waals surface area contributed by atoms with Crippen molar-refractivity contribution in [1.29, 1.82) is 0 Å². The van der Waals surface area contributed by atoms with Crippen LogP contribution < -0.4 is 5.32 Å². The van der Waals surface area contributed by atoms with Gasteiger partial charge in [-0.3, -0.25) is 15.0 Å². The molecule has 2 atom stereocenters. The van der Waals surface area contributed by atoms with Crippen molar-refractivity contribution in [2.24, 2.45) is 5.92 Å². The fourth-order valence-corrected chi connectivity index (χ4v) is 3.12. The van der Waals surface area contributed by atoms with E-state index in [-0.39, 0.29) is 10.6 Å². The summed E-state index contributed by atoms with van der Waals surface area (Å²) in [6.45, 7) is 5.19. The van der Waals surface area contributed by atoms with Gasteiger partial charge in [0.15, 0.2) is 0 Å². The maximum Gasteiger partial charge on any atom is 0.269 e. The van der Waals surface area contributed by atoms with E-state index in [9.17, 15) is 10.1 Å². The smallest absolute Gasteiger partial charge is 0.269 e. The molecule has 5 heteroatoms. The molecule has 1 saturated heterocycles. The summed E-state index contributed by atoms with van der Waals surface area (Å²) in [5.41, 5.74) is 1.34. The lowest BCUT2D eigenvalue weighted by atomic mass is 9.85. The molecule has 0 radical (unpaired) electrons. The molecule has 2 unspecified atom stereocenters. The van der Waals surface area contributed by atoms with Gasteiger partial charge in [0, 0.05) is 18.2 Å². The summed E-state index contributed by atoms with van der Waals surface area (Å²) < 4.78 is 0. The topological polar surface area (TPSA) is 58.4 Å². The first-order chi connectivity index (χ1) is 9.63. The van der Waals surface area contributed by atoms with Crippen LogP contribution in [0.15, 0.2) is 24.3 Å². The van der Waals surface area contributed by atoms with E-state index in [1.54, 1.807) is 12.1 Å². The van der Waals surface area contributed by atoms with Gasteiger partial charge in [0.25, 0.3) is 5.69 Å². The van der Waals surface area contributed by atoms with Gasteiger partial charge in [-0.15, -0.1) is 0 Å². The average Bonchev–Trinajstić information content (AvgIpc) is 2.45. The van der Waals surface area contributed by atoms with Crippen molar-refractivity contribution < 1.29 is 4.92 Å². The van der Waals surface area contributed by atoms with E-state index < -0.39 is 0 Å². The van der Waals surface area contributed by atoms with Crippen molar-refractivity contribution in [1.82, 2.24) is 10.2 Å². The second kappa shape index (κ2) is 6.81. The number of hydrogen-bond acceptors (Lipinski definition) is 4. The van der Waals surface area contributed by atoms with Crippen molar-refractivity contribution in [2.45, 2.75) is 25.8 Å². The third-order valence-corrected chi connectivity index (χ3v) is 4.11. The van der Waals surface area contributed by atoms with E-state index in [0.717, 1.165) is 19.6 Å². The van der Waals surface area contributed by atoms with Crippen LogP contribution in [0.1, 0.15) is 31.4 Å². The highest BCUT2D eigenvalue weighted by Crippen LogP contribution is 2.35. The van der Waals surface area contributed by atoms with Gasteiger partial charge in [-0.2, -0.15) is 0 Å². The molecular formula is C15H23N3O2.